The summed E-state index contributed by atoms with van der Waals surface area (Å²) in [5, 5.41) is 6.85. The average molecular weight is 435 g/mol. The van der Waals surface area contributed by atoms with Gasteiger partial charge in [-0.3, -0.25) is 4.79 Å². The average Bonchev–Trinajstić information content (AvgIpc) is 3.29. The molecular formula is C20H22N2O5S2. The van der Waals surface area contributed by atoms with Crippen molar-refractivity contribution in [3.8, 4) is 0 Å². The second-order valence-corrected chi connectivity index (χ2v) is 9.98. The van der Waals surface area contributed by atoms with Crippen LogP contribution in [-0.2, 0) is 26.2 Å². The summed E-state index contributed by atoms with van der Waals surface area (Å²) in [4.78, 5) is 12.6. The summed E-state index contributed by atoms with van der Waals surface area (Å²) in [6, 6.07) is 8.02. The second-order valence-electron chi connectivity index (χ2n) is 7.20. The Hall–Kier alpha value is -2.23. The van der Waals surface area contributed by atoms with Gasteiger partial charge in [0, 0.05) is 23.4 Å². The number of nitrogens with zero attached hydrogens (tertiary/aromatic N) is 2. The molecule has 0 bridgehead atoms. The zero-order valence-electron chi connectivity index (χ0n) is 16.3. The second kappa shape index (κ2) is 7.89. The van der Waals surface area contributed by atoms with Gasteiger partial charge in [0.05, 0.1) is 5.92 Å². The van der Waals surface area contributed by atoms with Gasteiger partial charge in [0.25, 0.3) is 0 Å². The lowest BCUT2D eigenvalue weighted by molar-refractivity contribution is -0.151. The normalized spacial score (nSPS) is 16.3. The van der Waals surface area contributed by atoms with Gasteiger partial charge in [-0.05, 0) is 43.5 Å². The maximum atomic E-state index is 12.9. The smallest absolute Gasteiger partial charge is 0.309 e. The minimum Gasteiger partial charge on any atom is -0.461 e. The first-order valence-corrected chi connectivity index (χ1v) is 11.7. The van der Waals surface area contributed by atoms with Gasteiger partial charge in [0.1, 0.15) is 17.2 Å². The number of hydrogen-bond acceptors (Lipinski definition) is 7. The number of thiophene rings is 1. The molecule has 29 heavy (non-hydrogen) atoms. The van der Waals surface area contributed by atoms with E-state index in [9.17, 15) is 13.2 Å². The summed E-state index contributed by atoms with van der Waals surface area (Å²) in [5.41, 5.74) is 1.35. The predicted molar refractivity (Wildman–Crippen MR) is 109 cm³/mol. The van der Waals surface area contributed by atoms with Gasteiger partial charge in [-0.25, -0.2) is 8.42 Å². The first-order valence-electron chi connectivity index (χ1n) is 9.42. The van der Waals surface area contributed by atoms with Crippen molar-refractivity contribution in [1.82, 2.24) is 9.46 Å². The van der Waals surface area contributed by atoms with Gasteiger partial charge < -0.3 is 9.26 Å². The summed E-state index contributed by atoms with van der Waals surface area (Å²) < 4.78 is 38.9. The van der Waals surface area contributed by atoms with Crippen molar-refractivity contribution in [2.24, 2.45) is 5.92 Å². The molecule has 0 amide bonds. The van der Waals surface area contributed by atoms with Crippen LogP contribution in [0.25, 0.3) is 10.1 Å². The van der Waals surface area contributed by atoms with Crippen LogP contribution in [0.2, 0.25) is 0 Å². The highest BCUT2D eigenvalue weighted by molar-refractivity contribution is 7.89. The molecule has 3 heterocycles. The van der Waals surface area contributed by atoms with Gasteiger partial charge >= 0.3 is 5.97 Å². The number of carbonyl (C=O) groups is 1. The van der Waals surface area contributed by atoms with Crippen LogP contribution in [0.4, 0.5) is 0 Å². The monoisotopic (exact) mass is 434 g/mol. The molecule has 0 spiro atoms. The highest BCUT2D eigenvalue weighted by Crippen LogP contribution is 2.29. The van der Waals surface area contributed by atoms with Gasteiger partial charge in [-0.1, -0.05) is 23.4 Å². The predicted octanol–water partition coefficient (Wildman–Crippen LogP) is 3.65. The van der Waals surface area contributed by atoms with E-state index in [0.717, 1.165) is 15.6 Å². The summed E-state index contributed by atoms with van der Waals surface area (Å²) in [5.74, 6) is -0.280. The van der Waals surface area contributed by atoms with E-state index in [0.29, 0.717) is 18.5 Å². The molecular weight excluding hydrogens is 412 g/mol. The molecule has 1 aliphatic heterocycles. The van der Waals surface area contributed by atoms with Crippen LogP contribution in [-0.4, -0.2) is 36.9 Å². The lowest BCUT2D eigenvalue weighted by Crippen LogP contribution is -2.40. The van der Waals surface area contributed by atoms with Crippen molar-refractivity contribution in [3.63, 3.8) is 0 Å². The van der Waals surface area contributed by atoms with Gasteiger partial charge in [0.2, 0.25) is 10.0 Å². The molecule has 4 rings (SSSR count). The molecule has 154 valence electrons. The van der Waals surface area contributed by atoms with Crippen LogP contribution >= 0.6 is 11.3 Å². The Bertz CT molecular complexity index is 1120. The highest BCUT2D eigenvalue weighted by Gasteiger charge is 2.35. The molecule has 0 atom stereocenters. The molecule has 0 saturated carbocycles. The maximum absolute atomic E-state index is 12.9. The fourth-order valence-corrected chi connectivity index (χ4v) is 6.42. The van der Waals surface area contributed by atoms with Gasteiger partial charge in [-0.15, -0.1) is 11.3 Å². The molecule has 0 N–H and O–H groups in total. The summed E-state index contributed by atoms with van der Waals surface area (Å²) >= 11 is 1.63. The highest BCUT2D eigenvalue weighted by atomic mass is 32.2. The maximum Gasteiger partial charge on any atom is 0.309 e. The number of esters is 1. The lowest BCUT2D eigenvalue weighted by atomic mass is 9.98. The standard InChI is InChI=1S/C20H22N2O5S2/c1-13-19(14(2)27-21-13)29(24,25)22-9-7-15(8-10-22)20(23)26-11-16-12-28-18-6-4-3-5-17(16)18/h3-6,12,15H,7-11H2,1-2H3. The molecule has 1 fully saturated rings. The van der Waals surface area contributed by atoms with Gasteiger partial charge in [-0.2, -0.15) is 4.31 Å². The van der Waals surface area contributed by atoms with E-state index in [4.69, 9.17) is 9.26 Å². The zero-order chi connectivity index (χ0) is 20.6. The Kier molecular flexibility index (Phi) is 5.46. The van der Waals surface area contributed by atoms with E-state index >= 15 is 0 Å². The summed E-state index contributed by atoms with van der Waals surface area (Å²) in [6.45, 7) is 3.98. The van der Waals surface area contributed by atoms with Crippen LogP contribution in [0.3, 0.4) is 0 Å². The topological polar surface area (TPSA) is 89.7 Å². The fraction of sp³-hybridized carbons (Fsp3) is 0.400. The number of carbonyl (C=O) groups excluding carboxylic acids is 1. The molecule has 0 unspecified atom stereocenters. The van der Waals surface area contributed by atoms with Crippen LogP contribution in [0, 0.1) is 19.8 Å². The molecule has 1 aromatic carbocycles. The van der Waals surface area contributed by atoms with Crippen molar-refractivity contribution < 1.29 is 22.5 Å². The Morgan fingerprint density at radius 2 is 2.00 bits per heavy atom. The molecule has 9 heteroatoms. The number of aryl methyl sites for hydroxylation is 2. The zero-order valence-corrected chi connectivity index (χ0v) is 17.9. The van der Waals surface area contributed by atoms with E-state index in [1.807, 2.05) is 29.6 Å². The number of sulfonamides is 1. The number of hydrogen-bond donors (Lipinski definition) is 0. The van der Waals surface area contributed by atoms with Crippen molar-refractivity contribution in [1.29, 1.82) is 0 Å². The minimum atomic E-state index is -3.67. The molecule has 1 aliphatic rings. The Morgan fingerprint density at radius 1 is 1.28 bits per heavy atom. The van der Waals surface area contributed by atoms with E-state index in [1.54, 1.807) is 25.2 Å². The van der Waals surface area contributed by atoms with Crippen molar-refractivity contribution in [3.05, 3.63) is 46.7 Å². The minimum absolute atomic E-state index is 0.128. The molecule has 1 saturated heterocycles. The molecule has 0 aliphatic carbocycles. The SMILES string of the molecule is Cc1noc(C)c1S(=O)(=O)N1CCC(C(=O)OCc2csc3ccccc23)CC1. The first kappa shape index (κ1) is 20.1. The largest absolute Gasteiger partial charge is 0.461 e. The van der Waals surface area contributed by atoms with Crippen molar-refractivity contribution in [2.75, 3.05) is 13.1 Å². The number of aromatic nitrogens is 1. The number of rotatable bonds is 5. The Balaban J connectivity index is 1.36. The van der Waals surface area contributed by atoms with E-state index in [2.05, 4.69) is 5.16 Å². The third kappa shape index (κ3) is 3.82. The summed E-state index contributed by atoms with van der Waals surface area (Å²) in [7, 11) is -3.67. The summed E-state index contributed by atoms with van der Waals surface area (Å²) in [6.07, 6.45) is 0.873. The molecule has 0 radical (unpaired) electrons. The van der Waals surface area contributed by atoms with Crippen molar-refractivity contribution in [2.45, 2.75) is 38.2 Å². The quantitative estimate of drug-likeness (QED) is 0.570. The fourth-order valence-electron chi connectivity index (χ4n) is 3.72. The number of benzene rings is 1. The molecule has 3 aromatic rings. The van der Waals surface area contributed by atoms with E-state index in [1.165, 1.54) is 4.31 Å². The van der Waals surface area contributed by atoms with Crippen LogP contribution in [0.1, 0.15) is 29.9 Å². The van der Waals surface area contributed by atoms with Crippen LogP contribution < -0.4 is 0 Å². The Morgan fingerprint density at radius 3 is 2.69 bits per heavy atom. The van der Waals surface area contributed by atoms with Gasteiger partial charge in [0.15, 0.2) is 5.76 Å². The number of piperidine rings is 1. The third-order valence-electron chi connectivity index (χ3n) is 5.28. The lowest BCUT2D eigenvalue weighted by Gasteiger charge is -2.30. The first-order chi connectivity index (χ1) is 13.9. The van der Waals surface area contributed by atoms with E-state index in [-0.39, 0.29) is 42.2 Å². The number of fused-ring (bicyclic) bond motifs is 1. The van der Waals surface area contributed by atoms with Crippen LogP contribution in [0.15, 0.2) is 39.1 Å². The third-order valence-corrected chi connectivity index (χ3v) is 8.44. The van der Waals surface area contributed by atoms with Crippen LogP contribution in [0.5, 0.6) is 0 Å². The molecule has 7 nitrogen and oxygen atoms in total. The van der Waals surface area contributed by atoms with Crippen molar-refractivity contribution >= 4 is 37.4 Å². The number of ether oxygens (including phenoxy) is 1. The Labute approximate surface area is 173 Å². The molecule has 2 aromatic heterocycles. The van der Waals surface area contributed by atoms with E-state index < -0.39 is 10.0 Å².